The Hall–Kier alpha value is -1.59. The number of hydrogen-bond acceptors (Lipinski definition) is 4. The maximum atomic E-state index is 13.5. The number of likely N-dealkylation sites (N-methyl/N-ethyl adjacent to an activating group) is 1. The lowest BCUT2D eigenvalue weighted by molar-refractivity contribution is -0.119. The molecule has 106 valence electrons. The number of hydrogen-bond donors (Lipinski definition) is 0. The highest BCUT2D eigenvalue weighted by atomic mass is 32.1. The van der Waals surface area contributed by atoms with Gasteiger partial charge in [0.15, 0.2) is 5.78 Å². The molecule has 0 saturated heterocycles. The van der Waals surface area contributed by atoms with Gasteiger partial charge in [-0.2, -0.15) is 0 Å². The number of thiazole rings is 1. The number of benzene rings is 1. The van der Waals surface area contributed by atoms with Gasteiger partial charge in [0.25, 0.3) is 0 Å². The summed E-state index contributed by atoms with van der Waals surface area (Å²) in [5, 5.41) is 3.01. The zero-order valence-electron chi connectivity index (χ0n) is 11.6. The van der Waals surface area contributed by atoms with Gasteiger partial charge in [-0.25, -0.2) is 9.37 Å². The SMILES string of the molecule is Cc1nc(CN(C)CC(=O)Cc2ccccc2F)cs1. The first kappa shape index (κ1) is 14.8. The summed E-state index contributed by atoms with van der Waals surface area (Å²) in [6.07, 6.45) is 0.132. The Morgan fingerprint density at radius 1 is 1.40 bits per heavy atom. The van der Waals surface area contributed by atoms with Crippen LogP contribution in [0.15, 0.2) is 29.6 Å². The van der Waals surface area contributed by atoms with Crippen LogP contribution in [0.1, 0.15) is 16.3 Å². The molecule has 0 spiro atoms. The molecule has 1 heterocycles. The first-order valence-corrected chi connectivity index (χ1v) is 7.27. The fraction of sp³-hybridized carbons (Fsp3) is 0.333. The molecule has 0 aliphatic carbocycles. The van der Waals surface area contributed by atoms with Crippen molar-refractivity contribution in [3.63, 3.8) is 0 Å². The summed E-state index contributed by atoms with van der Waals surface area (Å²) in [5.41, 5.74) is 1.42. The van der Waals surface area contributed by atoms with Gasteiger partial charge in [0.2, 0.25) is 0 Å². The van der Waals surface area contributed by atoms with Crippen LogP contribution in [-0.2, 0) is 17.8 Å². The number of aromatic nitrogens is 1. The quantitative estimate of drug-likeness (QED) is 0.821. The van der Waals surface area contributed by atoms with Crippen LogP contribution in [0.3, 0.4) is 0 Å². The van der Waals surface area contributed by atoms with Crippen molar-refractivity contribution >= 4 is 17.1 Å². The smallest absolute Gasteiger partial charge is 0.151 e. The third-order valence-electron chi connectivity index (χ3n) is 2.89. The summed E-state index contributed by atoms with van der Waals surface area (Å²) in [6.45, 7) is 2.88. The van der Waals surface area contributed by atoms with Crippen molar-refractivity contribution < 1.29 is 9.18 Å². The first-order chi connectivity index (χ1) is 9.54. The number of rotatable bonds is 6. The minimum Gasteiger partial charge on any atom is -0.298 e. The second-order valence-corrected chi connectivity index (χ2v) is 5.90. The van der Waals surface area contributed by atoms with Gasteiger partial charge in [0.05, 0.1) is 17.2 Å². The summed E-state index contributed by atoms with van der Waals surface area (Å²) in [4.78, 5) is 18.2. The van der Waals surface area contributed by atoms with Crippen molar-refractivity contribution in [3.05, 3.63) is 51.7 Å². The van der Waals surface area contributed by atoms with Gasteiger partial charge in [0, 0.05) is 18.3 Å². The lowest BCUT2D eigenvalue weighted by atomic mass is 10.1. The van der Waals surface area contributed by atoms with Crippen molar-refractivity contribution in [1.29, 1.82) is 0 Å². The Morgan fingerprint density at radius 3 is 2.80 bits per heavy atom. The van der Waals surface area contributed by atoms with Crippen molar-refractivity contribution in [3.8, 4) is 0 Å². The summed E-state index contributed by atoms with van der Waals surface area (Å²) in [5.74, 6) is -0.316. The second-order valence-electron chi connectivity index (χ2n) is 4.84. The summed E-state index contributed by atoms with van der Waals surface area (Å²) in [6, 6.07) is 6.40. The van der Waals surface area contributed by atoms with Gasteiger partial charge in [-0.05, 0) is 25.6 Å². The van der Waals surface area contributed by atoms with E-state index in [1.54, 1.807) is 29.5 Å². The number of carbonyl (C=O) groups is 1. The van der Waals surface area contributed by atoms with Crippen molar-refractivity contribution in [2.75, 3.05) is 13.6 Å². The molecule has 0 N–H and O–H groups in total. The van der Waals surface area contributed by atoms with Crippen LogP contribution in [-0.4, -0.2) is 29.3 Å². The Bertz CT molecular complexity index is 597. The lowest BCUT2D eigenvalue weighted by Gasteiger charge is -2.14. The van der Waals surface area contributed by atoms with Crippen LogP contribution in [0.5, 0.6) is 0 Å². The van der Waals surface area contributed by atoms with E-state index < -0.39 is 0 Å². The molecule has 0 atom stereocenters. The molecule has 0 radical (unpaired) electrons. The minimum atomic E-state index is -0.321. The Balaban J connectivity index is 1.86. The third kappa shape index (κ3) is 4.21. The van der Waals surface area contributed by atoms with Gasteiger partial charge in [-0.15, -0.1) is 11.3 Å². The summed E-state index contributed by atoms with van der Waals surface area (Å²) in [7, 11) is 1.87. The predicted molar refractivity (Wildman–Crippen MR) is 78.3 cm³/mol. The fourth-order valence-corrected chi connectivity index (χ4v) is 2.63. The predicted octanol–water partition coefficient (Wildman–Crippen LogP) is 2.83. The minimum absolute atomic E-state index is 0.00421. The zero-order chi connectivity index (χ0) is 14.5. The van der Waals surface area contributed by atoms with Crippen LogP contribution >= 0.6 is 11.3 Å². The van der Waals surface area contributed by atoms with Gasteiger partial charge in [-0.1, -0.05) is 18.2 Å². The molecule has 0 aliphatic heterocycles. The highest BCUT2D eigenvalue weighted by Crippen LogP contribution is 2.11. The Labute approximate surface area is 122 Å². The first-order valence-electron chi connectivity index (χ1n) is 6.39. The van der Waals surface area contributed by atoms with E-state index in [0.717, 1.165) is 10.7 Å². The van der Waals surface area contributed by atoms with Gasteiger partial charge in [0.1, 0.15) is 5.82 Å². The molecule has 0 fully saturated rings. The number of carbonyl (C=O) groups excluding carboxylic acids is 1. The number of nitrogens with zero attached hydrogens (tertiary/aromatic N) is 2. The van der Waals surface area contributed by atoms with E-state index in [9.17, 15) is 9.18 Å². The molecule has 1 aromatic carbocycles. The standard InChI is InChI=1S/C15H17FN2OS/c1-11-17-13(10-20-11)8-18(2)9-14(19)7-12-5-3-4-6-15(12)16/h3-6,10H,7-9H2,1-2H3. The second kappa shape index (κ2) is 6.72. The van der Waals surface area contributed by atoms with Crippen molar-refractivity contribution in [2.24, 2.45) is 0 Å². The maximum Gasteiger partial charge on any atom is 0.151 e. The van der Waals surface area contributed by atoms with Crippen LogP contribution in [0, 0.1) is 12.7 Å². The fourth-order valence-electron chi connectivity index (χ4n) is 2.02. The molecular formula is C15H17FN2OS. The zero-order valence-corrected chi connectivity index (χ0v) is 12.4. The Kier molecular flexibility index (Phi) is 4.98. The highest BCUT2D eigenvalue weighted by Gasteiger charge is 2.11. The van der Waals surface area contributed by atoms with E-state index in [1.165, 1.54) is 6.07 Å². The molecule has 0 unspecified atom stereocenters. The molecule has 0 saturated carbocycles. The van der Waals surface area contributed by atoms with Crippen molar-refractivity contribution in [2.45, 2.75) is 19.9 Å². The molecule has 0 aliphatic rings. The molecule has 2 aromatic rings. The van der Waals surface area contributed by atoms with E-state index in [1.807, 2.05) is 24.3 Å². The normalized spacial score (nSPS) is 11.0. The number of aryl methyl sites for hydroxylation is 1. The monoisotopic (exact) mass is 292 g/mol. The van der Waals surface area contributed by atoms with Crippen LogP contribution < -0.4 is 0 Å². The van der Waals surface area contributed by atoms with Gasteiger partial charge < -0.3 is 0 Å². The average molecular weight is 292 g/mol. The van der Waals surface area contributed by atoms with E-state index in [-0.39, 0.29) is 18.0 Å². The summed E-state index contributed by atoms with van der Waals surface area (Å²) < 4.78 is 13.5. The number of Topliss-reactive ketones (excluding diaryl/α,β-unsaturated/α-hetero) is 1. The molecule has 0 amide bonds. The molecule has 5 heteroatoms. The number of ketones is 1. The van der Waals surface area contributed by atoms with Gasteiger partial charge in [-0.3, -0.25) is 9.69 Å². The molecule has 0 bridgehead atoms. The lowest BCUT2D eigenvalue weighted by Crippen LogP contribution is -2.27. The molecular weight excluding hydrogens is 275 g/mol. The maximum absolute atomic E-state index is 13.5. The number of halogens is 1. The molecule has 20 heavy (non-hydrogen) atoms. The van der Waals surface area contributed by atoms with E-state index in [4.69, 9.17) is 0 Å². The average Bonchev–Trinajstić information content (AvgIpc) is 2.77. The Morgan fingerprint density at radius 2 is 2.15 bits per heavy atom. The van der Waals surface area contributed by atoms with E-state index in [2.05, 4.69) is 4.98 Å². The molecule has 2 rings (SSSR count). The molecule has 1 aromatic heterocycles. The van der Waals surface area contributed by atoms with E-state index >= 15 is 0 Å². The topological polar surface area (TPSA) is 33.2 Å². The van der Waals surface area contributed by atoms with Crippen LogP contribution in [0.4, 0.5) is 4.39 Å². The largest absolute Gasteiger partial charge is 0.298 e. The van der Waals surface area contributed by atoms with Crippen LogP contribution in [0.25, 0.3) is 0 Å². The molecule has 3 nitrogen and oxygen atoms in total. The van der Waals surface area contributed by atoms with Gasteiger partial charge >= 0.3 is 0 Å². The van der Waals surface area contributed by atoms with E-state index in [0.29, 0.717) is 18.7 Å². The third-order valence-corrected chi connectivity index (χ3v) is 3.71. The van der Waals surface area contributed by atoms with Crippen molar-refractivity contribution in [1.82, 2.24) is 9.88 Å². The summed E-state index contributed by atoms with van der Waals surface area (Å²) >= 11 is 1.60. The highest BCUT2D eigenvalue weighted by molar-refractivity contribution is 7.09. The van der Waals surface area contributed by atoms with Crippen LogP contribution in [0.2, 0.25) is 0 Å².